The second-order valence-corrected chi connectivity index (χ2v) is 9.84. The minimum atomic E-state index is -0.0592. The second-order valence-electron chi connectivity index (χ2n) is 9.84. The van der Waals surface area contributed by atoms with Crippen LogP contribution >= 0.6 is 0 Å². The molecule has 182 valence electrons. The lowest BCUT2D eigenvalue weighted by atomic mass is 9.86. The fourth-order valence-corrected chi connectivity index (χ4v) is 4.92. The van der Waals surface area contributed by atoms with Gasteiger partial charge < -0.3 is 14.2 Å². The van der Waals surface area contributed by atoms with E-state index in [1.165, 1.54) is 83.5 Å². The van der Waals surface area contributed by atoms with E-state index in [1.54, 1.807) is 0 Å². The molecular formula is C27H50O4. The van der Waals surface area contributed by atoms with Crippen LogP contribution in [0, 0.1) is 5.92 Å². The summed E-state index contributed by atoms with van der Waals surface area (Å²) in [5.74, 6) is 0.107. The fraction of sp³-hybridized carbons (Fsp3) is 0.963. The summed E-state index contributed by atoms with van der Waals surface area (Å²) in [7, 11) is 0. The van der Waals surface area contributed by atoms with Gasteiger partial charge in [0.1, 0.15) is 6.10 Å². The number of hydrogen-bond acceptors (Lipinski definition) is 4. The van der Waals surface area contributed by atoms with Gasteiger partial charge >= 0.3 is 5.97 Å². The van der Waals surface area contributed by atoms with Gasteiger partial charge in [0, 0.05) is 13.0 Å². The maximum absolute atomic E-state index is 12.0. The third-order valence-electron chi connectivity index (χ3n) is 6.99. The standard InChI is InChI=1S/C27H50O4/c1-3-5-7-9-10-11-12-13-14-18-23(30-26-20-16-17-21-29-26)22-25-24(27(28)31-25)19-15-8-6-4-2/h23-26H,3-22H2,1-2H3/t23?,24?,25?,26-/m1/s1. The molecule has 4 atom stereocenters. The largest absolute Gasteiger partial charge is 0.461 e. The van der Waals surface area contributed by atoms with Gasteiger partial charge in [0.2, 0.25) is 0 Å². The van der Waals surface area contributed by atoms with Gasteiger partial charge in [-0.05, 0) is 32.1 Å². The van der Waals surface area contributed by atoms with Crippen LogP contribution in [-0.2, 0) is 19.0 Å². The Morgan fingerprint density at radius 2 is 1.52 bits per heavy atom. The van der Waals surface area contributed by atoms with Gasteiger partial charge in [-0.1, -0.05) is 97.3 Å². The van der Waals surface area contributed by atoms with Gasteiger partial charge in [-0.15, -0.1) is 0 Å². The molecule has 0 aliphatic carbocycles. The maximum Gasteiger partial charge on any atom is 0.313 e. The van der Waals surface area contributed by atoms with E-state index in [2.05, 4.69) is 13.8 Å². The number of carbonyl (C=O) groups excluding carboxylic acids is 1. The van der Waals surface area contributed by atoms with Gasteiger partial charge in [0.15, 0.2) is 6.29 Å². The molecule has 0 aromatic heterocycles. The van der Waals surface area contributed by atoms with Gasteiger partial charge in [-0.2, -0.15) is 0 Å². The van der Waals surface area contributed by atoms with Crippen molar-refractivity contribution in [2.75, 3.05) is 6.61 Å². The number of hydrogen-bond donors (Lipinski definition) is 0. The Hall–Kier alpha value is -0.610. The molecule has 0 radical (unpaired) electrons. The van der Waals surface area contributed by atoms with E-state index in [4.69, 9.17) is 14.2 Å². The Labute approximate surface area is 192 Å². The first-order valence-electron chi connectivity index (χ1n) is 13.7. The molecule has 3 unspecified atom stereocenters. The summed E-state index contributed by atoms with van der Waals surface area (Å²) in [5.41, 5.74) is 0. The van der Waals surface area contributed by atoms with Crippen molar-refractivity contribution in [3.63, 3.8) is 0 Å². The highest BCUT2D eigenvalue weighted by molar-refractivity contribution is 5.78. The maximum atomic E-state index is 12.0. The van der Waals surface area contributed by atoms with E-state index in [0.717, 1.165) is 45.1 Å². The second kappa shape index (κ2) is 16.9. The van der Waals surface area contributed by atoms with Crippen LogP contribution in [0.15, 0.2) is 0 Å². The van der Waals surface area contributed by atoms with Crippen LogP contribution in [0.25, 0.3) is 0 Å². The normalized spacial score (nSPS) is 24.6. The minimum absolute atomic E-state index is 0.0113. The fourth-order valence-electron chi connectivity index (χ4n) is 4.92. The van der Waals surface area contributed by atoms with Crippen LogP contribution < -0.4 is 0 Å². The first-order valence-corrected chi connectivity index (χ1v) is 13.7. The monoisotopic (exact) mass is 438 g/mol. The quantitative estimate of drug-likeness (QED) is 0.153. The molecule has 2 fully saturated rings. The van der Waals surface area contributed by atoms with Crippen molar-refractivity contribution < 1.29 is 19.0 Å². The topological polar surface area (TPSA) is 44.8 Å². The Kier molecular flexibility index (Phi) is 14.6. The zero-order valence-electron chi connectivity index (χ0n) is 20.6. The zero-order valence-corrected chi connectivity index (χ0v) is 20.6. The molecule has 0 bridgehead atoms. The molecule has 2 aliphatic heterocycles. The Bertz CT molecular complexity index is 447. The van der Waals surface area contributed by atoms with Crippen LogP contribution in [-0.4, -0.2) is 31.1 Å². The van der Waals surface area contributed by atoms with Crippen molar-refractivity contribution in [1.29, 1.82) is 0 Å². The Morgan fingerprint density at radius 3 is 2.13 bits per heavy atom. The lowest BCUT2D eigenvalue weighted by Crippen LogP contribution is -2.47. The highest BCUT2D eigenvalue weighted by Gasteiger charge is 2.43. The predicted molar refractivity (Wildman–Crippen MR) is 127 cm³/mol. The molecule has 4 nitrogen and oxygen atoms in total. The minimum Gasteiger partial charge on any atom is -0.461 e. The van der Waals surface area contributed by atoms with Gasteiger partial charge in [-0.25, -0.2) is 0 Å². The van der Waals surface area contributed by atoms with Crippen molar-refractivity contribution in [1.82, 2.24) is 0 Å². The van der Waals surface area contributed by atoms with Crippen molar-refractivity contribution in [2.45, 2.75) is 154 Å². The molecule has 2 saturated heterocycles. The van der Waals surface area contributed by atoms with Crippen LogP contribution in [0.4, 0.5) is 0 Å². The molecule has 0 spiro atoms. The molecule has 4 heteroatoms. The molecule has 2 heterocycles. The number of esters is 1. The van der Waals surface area contributed by atoms with Crippen molar-refractivity contribution >= 4 is 5.97 Å². The van der Waals surface area contributed by atoms with E-state index < -0.39 is 0 Å². The average molecular weight is 439 g/mol. The highest BCUT2D eigenvalue weighted by Crippen LogP contribution is 2.33. The number of carbonyl (C=O) groups is 1. The molecule has 0 N–H and O–H groups in total. The summed E-state index contributed by atoms with van der Waals surface area (Å²) in [4.78, 5) is 12.0. The number of rotatable bonds is 19. The van der Waals surface area contributed by atoms with Crippen LogP contribution in [0.3, 0.4) is 0 Å². The molecule has 0 amide bonds. The molecule has 0 aromatic carbocycles. The molecule has 2 rings (SSSR count). The van der Waals surface area contributed by atoms with Crippen LogP contribution in [0.2, 0.25) is 0 Å². The van der Waals surface area contributed by atoms with Crippen LogP contribution in [0.1, 0.15) is 136 Å². The van der Waals surface area contributed by atoms with E-state index in [0.29, 0.717) is 0 Å². The summed E-state index contributed by atoms with van der Waals surface area (Å²) < 4.78 is 17.8. The first-order chi connectivity index (χ1) is 15.2. The summed E-state index contributed by atoms with van der Waals surface area (Å²) in [6.07, 6.45) is 23.3. The zero-order chi connectivity index (χ0) is 22.2. The van der Waals surface area contributed by atoms with Crippen LogP contribution in [0.5, 0.6) is 0 Å². The highest BCUT2D eigenvalue weighted by atomic mass is 16.7. The van der Waals surface area contributed by atoms with Crippen molar-refractivity contribution in [3.8, 4) is 0 Å². The third kappa shape index (κ3) is 11.2. The Balaban J connectivity index is 1.69. The Morgan fingerprint density at radius 1 is 0.871 bits per heavy atom. The lowest BCUT2D eigenvalue weighted by molar-refractivity contribution is -0.211. The van der Waals surface area contributed by atoms with Gasteiger partial charge in [-0.3, -0.25) is 4.79 Å². The summed E-state index contributed by atoms with van der Waals surface area (Å²) in [5, 5.41) is 0. The van der Waals surface area contributed by atoms with E-state index in [9.17, 15) is 4.79 Å². The van der Waals surface area contributed by atoms with Gasteiger partial charge in [0.05, 0.1) is 12.0 Å². The SMILES string of the molecule is CCCCCCCCCCCC(CC1OC(=O)C1CCCCCC)O[C@@H]1CCCCO1. The van der Waals surface area contributed by atoms with E-state index >= 15 is 0 Å². The smallest absolute Gasteiger partial charge is 0.313 e. The molecular weight excluding hydrogens is 388 g/mol. The summed E-state index contributed by atoms with van der Waals surface area (Å²) >= 11 is 0. The van der Waals surface area contributed by atoms with Gasteiger partial charge in [0.25, 0.3) is 0 Å². The number of unbranched alkanes of at least 4 members (excludes halogenated alkanes) is 11. The first kappa shape index (κ1) is 26.6. The number of ether oxygens (including phenoxy) is 3. The van der Waals surface area contributed by atoms with Crippen molar-refractivity contribution in [2.24, 2.45) is 5.92 Å². The molecule has 0 aromatic rings. The predicted octanol–water partition coefficient (Wildman–Crippen LogP) is 7.72. The summed E-state index contributed by atoms with van der Waals surface area (Å²) in [6, 6.07) is 0. The lowest BCUT2D eigenvalue weighted by Gasteiger charge is -2.38. The van der Waals surface area contributed by atoms with Crippen molar-refractivity contribution in [3.05, 3.63) is 0 Å². The average Bonchev–Trinajstić information content (AvgIpc) is 2.78. The third-order valence-corrected chi connectivity index (χ3v) is 6.99. The molecule has 0 saturated carbocycles. The summed E-state index contributed by atoms with van der Waals surface area (Å²) in [6.45, 7) is 5.31. The number of cyclic esters (lactones) is 1. The molecule has 2 aliphatic rings. The molecule has 31 heavy (non-hydrogen) atoms. The van der Waals surface area contributed by atoms with E-state index in [1.807, 2.05) is 0 Å². The van der Waals surface area contributed by atoms with E-state index in [-0.39, 0.29) is 30.4 Å².